The van der Waals surface area contributed by atoms with Gasteiger partial charge in [-0.2, -0.15) is 182 Å². The third kappa shape index (κ3) is 24.8. The van der Waals surface area contributed by atoms with Crippen molar-refractivity contribution < 1.29 is 110 Å². The summed E-state index contributed by atoms with van der Waals surface area (Å²) in [7, 11) is 0. The fraction of sp³-hybridized carbons (Fsp3) is 0.382. The molecule has 15 aromatic rings. The van der Waals surface area contributed by atoms with E-state index in [9.17, 15) is 4.79 Å². The number of piperidine rings is 10. The number of Topliss-reactive ketones (excluding diaryl/α,β-unsaturated/α-hetero) is 1. The second-order valence-corrected chi connectivity index (χ2v) is 43.9. The van der Waals surface area contributed by atoms with E-state index in [1.807, 2.05) is 60.7 Å². The Labute approximate surface area is 930 Å². The SMILES string of the molecule is CC12CN(Cc3[c-]cccc3)CC(C)(CN(Cc3[c-]cccc3)C1)C2.O=C1C2CN(Cc3[c-]cccc3)CC1CN(Cc1[c-]cccc1)C2.S=C1C2CN(Cc3[c-]cccc3)CC1CN(Cc1[c-]cccc1)C2.[Pt+4].[Pt+4].[Pt+4].[Pt+4].[Pt+4].[c-]1c2c3ccccc3n1-c1ccccc1-n1[c-]c(c3ccccc31)CN1CC3CC(CN(C2)C3)C1.[c-]1c2c3ccccc3n1CCn1[c-]c(c3ccccc31)CN1CC3CC(CN(C2)C3)C1. The van der Waals surface area contributed by atoms with Gasteiger partial charge in [-0.15, -0.1) is 125 Å². The zero-order valence-corrected chi connectivity index (χ0v) is 94.6. The number of aryl methyl sites for hydroxylation is 2. The van der Waals surface area contributed by atoms with E-state index in [-0.39, 0.29) is 117 Å². The van der Waals surface area contributed by atoms with Crippen molar-refractivity contribution >= 4 is 66.5 Å². The van der Waals surface area contributed by atoms with Gasteiger partial charge in [-0.25, -0.2) is 0 Å². The summed E-state index contributed by atoms with van der Waals surface area (Å²) in [6.07, 6.45) is 19.3. The first-order valence-corrected chi connectivity index (χ1v) is 51.7. The minimum atomic E-state index is 0. The molecule has 0 N–H and O–H groups in total. The van der Waals surface area contributed by atoms with E-state index in [1.54, 1.807) is 0 Å². The monoisotopic (exact) mass is 2820 g/mol. The topological polar surface area (TPSA) is 69.2 Å². The Morgan fingerprint density at radius 1 is 0.285 bits per heavy atom. The molecule has 22 bridgehead atoms. The van der Waals surface area contributed by atoms with Gasteiger partial charge in [-0.3, -0.25) is 44.0 Å². The van der Waals surface area contributed by atoms with Gasteiger partial charge >= 0.3 is 105 Å². The average Bonchev–Trinajstić information content (AvgIpc) is 1.61. The normalized spacial score (nSPS) is 25.8. The summed E-state index contributed by atoms with van der Waals surface area (Å²) in [4.78, 5) is 39.9. The van der Waals surface area contributed by atoms with Gasteiger partial charge in [0.1, 0.15) is 5.78 Å². The average molecular weight is 2830 g/mol. The minimum absolute atomic E-state index is 0. The first kappa shape index (κ1) is 106. The van der Waals surface area contributed by atoms with Gasteiger partial charge in [0.05, 0.1) is 0 Å². The summed E-state index contributed by atoms with van der Waals surface area (Å²) in [5, 5.41) is 5.37. The van der Waals surface area contributed by atoms with E-state index in [1.165, 1.54) is 202 Å². The van der Waals surface area contributed by atoms with Gasteiger partial charge in [0.2, 0.25) is 0 Å². The molecule has 144 heavy (non-hydrogen) atoms. The summed E-state index contributed by atoms with van der Waals surface area (Å²) >= 11 is 5.77. The summed E-state index contributed by atoms with van der Waals surface area (Å²) < 4.78 is 9.26. The van der Waals surface area contributed by atoms with Gasteiger partial charge < -0.3 is 28.1 Å². The largest absolute Gasteiger partial charge is 4.00 e. The van der Waals surface area contributed by atoms with E-state index in [4.69, 9.17) is 12.2 Å². The van der Waals surface area contributed by atoms with E-state index in [0.29, 0.717) is 28.4 Å². The molecule has 14 aliphatic rings. The van der Waals surface area contributed by atoms with Crippen LogP contribution in [-0.2, 0) is 189 Å². The van der Waals surface area contributed by atoms with Crippen LogP contribution in [0, 0.1) is 119 Å². The molecule has 4 aromatic heterocycles. The fourth-order valence-corrected chi connectivity index (χ4v) is 27.2. The number of nitrogens with zero attached hydrogens (tertiary/aromatic N) is 14. The number of fused-ring (bicyclic) bond motifs is 11. The molecule has 14 aliphatic heterocycles. The number of hydrogen-bond acceptors (Lipinski definition) is 12. The number of para-hydroxylation sites is 6. The molecule has 10 fully saturated rings. The third-order valence-electron chi connectivity index (χ3n) is 31.6. The smallest absolute Gasteiger partial charge is 0.462 e. The van der Waals surface area contributed by atoms with Crippen LogP contribution in [0.3, 0.4) is 0 Å². The van der Waals surface area contributed by atoms with Crippen LogP contribution in [0.4, 0.5) is 0 Å². The van der Waals surface area contributed by atoms with Crippen molar-refractivity contribution in [3.63, 3.8) is 0 Å². The number of ketones is 1. The molecule has 0 atom stereocenters. The second kappa shape index (κ2) is 48.1. The molecule has 0 saturated carbocycles. The van der Waals surface area contributed by atoms with Crippen LogP contribution in [-0.4, -0.2) is 209 Å². The number of aromatic nitrogens is 4. The molecule has 21 heteroatoms. The van der Waals surface area contributed by atoms with Crippen LogP contribution in [0.1, 0.15) is 88.7 Å². The standard InChI is InChI=1S/C31H28N4.C27H28N4.C23H28N2.C21H22N2O.C21H22N2S.5Pt/c1-3-9-28-26(7-1)24-18-32-14-22-13-23(15-32)17-33(16-22)19-25-21-35(29-10-4-2-8-27(25)29)31-12-6-5-11-30(31)34(28)20-24;1-3-7-26-24(5-1)22-16-28-12-20-11-21(13-28)15-29(14-20)17-23-19-31(10-9-30(26)18-22)27-8-4-2-6-25(23)27;1-22-15-23(2,18-24(16-22)13-20-9-5-3-6-10-20)19-25(17-22)14-21-11-7-4-8-12-21;2*24-21-19-13-22(11-17-7-3-1-4-8-17)14-20(21)16-23(15-19)12-18-9-5-2-6-10-18;;;;;/h1-12,22-23H,13-19H2;1-8,20-21H,9-17H2;3-9,11H,13-19H2,1-2H3;2*1-7,9,19-20H,11-16H2;;;;;/q5*-2;5*+4. The number of carbonyl (C=O) groups is 1. The fourth-order valence-electron chi connectivity index (χ4n) is 26.9. The predicted octanol–water partition coefficient (Wildman–Crippen LogP) is 19.3. The quantitative estimate of drug-likeness (QED) is 0.0864. The van der Waals surface area contributed by atoms with Crippen LogP contribution in [0.25, 0.3) is 55.0 Å². The third-order valence-corrected chi connectivity index (χ3v) is 32.3. The van der Waals surface area contributed by atoms with E-state index >= 15 is 0 Å². The van der Waals surface area contributed by atoms with Crippen LogP contribution < -0.4 is 0 Å². The number of likely N-dealkylation sites (tertiary alicyclic amines) is 6. The van der Waals surface area contributed by atoms with E-state index in [2.05, 4.69) is 349 Å². The molecule has 742 valence electrons. The second-order valence-electron chi connectivity index (χ2n) is 43.4. The first-order chi connectivity index (χ1) is 68.2. The van der Waals surface area contributed by atoms with Crippen molar-refractivity contribution in [2.24, 2.45) is 58.2 Å². The summed E-state index contributed by atoms with van der Waals surface area (Å²) in [5.41, 5.74) is 21.0. The minimum Gasteiger partial charge on any atom is -0.462 e. The van der Waals surface area contributed by atoms with Crippen molar-refractivity contribution in [3.8, 4) is 11.4 Å². The van der Waals surface area contributed by atoms with Crippen LogP contribution >= 0.6 is 12.2 Å². The number of hydrogen-bond donors (Lipinski definition) is 0. The molecular formula is C123H128N14OPt5S+10. The Morgan fingerprint density at radius 2 is 0.528 bits per heavy atom. The van der Waals surface area contributed by atoms with Crippen LogP contribution in [0.5, 0.6) is 0 Å². The maximum absolute atomic E-state index is 12.5. The number of thiocarbonyl (C=S) groups is 1. The molecule has 11 aromatic carbocycles. The Hall–Kier alpha value is -7.62. The number of carbonyl (C=O) groups excluding carboxylic acids is 1. The molecule has 18 heterocycles. The predicted molar refractivity (Wildman–Crippen MR) is 559 cm³/mol. The van der Waals surface area contributed by atoms with Crippen LogP contribution in [0.15, 0.2) is 267 Å². The van der Waals surface area contributed by atoms with Gasteiger partial charge in [0.15, 0.2) is 0 Å². The molecule has 29 rings (SSSR count). The van der Waals surface area contributed by atoms with Gasteiger partial charge in [-0.05, 0) is 53.8 Å². The zero-order valence-electron chi connectivity index (χ0n) is 82.4. The molecular weight excluding hydrogens is 2700 g/mol. The zero-order chi connectivity index (χ0) is 93.3. The Morgan fingerprint density at radius 3 is 0.812 bits per heavy atom. The van der Waals surface area contributed by atoms with Gasteiger partial charge in [0.25, 0.3) is 0 Å². The first-order valence-electron chi connectivity index (χ1n) is 51.3. The van der Waals surface area contributed by atoms with Crippen molar-refractivity contribution in [3.05, 3.63) is 384 Å². The Balaban J connectivity index is 0.000000118. The molecule has 15 nitrogen and oxygen atoms in total. The van der Waals surface area contributed by atoms with E-state index < -0.39 is 0 Å². The van der Waals surface area contributed by atoms with Crippen molar-refractivity contribution in [2.75, 3.05) is 131 Å². The molecule has 0 spiro atoms. The van der Waals surface area contributed by atoms with Crippen molar-refractivity contribution in [1.82, 2.24) is 67.3 Å². The number of benzene rings is 11. The number of rotatable bonds is 12. The summed E-state index contributed by atoms with van der Waals surface area (Å²) in [5.74, 6) is 4.82. The summed E-state index contributed by atoms with van der Waals surface area (Å²) in [6, 6.07) is 114. The van der Waals surface area contributed by atoms with E-state index in [0.717, 1.165) is 166 Å². The molecule has 0 unspecified atom stereocenters. The maximum Gasteiger partial charge on any atom is 4.00 e. The summed E-state index contributed by atoms with van der Waals surface area (Å²) in [6.45, 7) is 38.7. The van der Waals surface area contributed by atoms with Crippen LogP contribution in [0.2, 0.25) is 0 Å². The van der Waals surface area contributed by atoms with Gasteiger partial charge in [0, 0.05) is 238 Å². The molecule has 0 radical (unpaired) electrons. The van der Waals surface area contributed by atoms with Crippen molar-refractivity contribution in [1.29, 1.82) is 0 Å². The Kier molecular flexibility index (Phi) is 35.5. The molecule has 0 aliphatic carbocycles. The maximum atomic E-state index is 12.5. The molecule has 0 amide bonds. The molecule has 10 saturated heterocycles. The van der Waals surface area contributed by atoms with Gasteiger partial charge in [-0.1, -0.05) is 158 Å². The Bertz CT molecular complexity index is 6190. The van der Waals surface area contributed by atoms with Crippen molar-refractivity contribution in [2.45, 2.75) is 112 Å².